The summed E-state index contributed by atoms with van der Waals surface area (Å²) in [5, 5.41) is 25.5. The molecule has 7 nitrogen and oxygen atoms in total. The van der Waals surface area contributed by atoms with Crippen LogP contribution in [0.1, 0.15) is 0 Å². The Morgan fingerprint density at radius 2 is 1.00 bits per heavy atom. The number of hydrogen-bond donors (Lipinski definition) is 6. The summed E-state index contributed by atoms with van der Waals surface area (Å²) in [6.07, 6.45) is 0. The van der Waals surface area contributed by atoms with Crippen LogP contribution in [0.2, 0.25) is 0 Å². The van der Waals surface area contributed by atoms with Gasteiger partial charge in [-0.1, -0.05) is 0 Å². The van der Waals surface area contributed by atoms with Crippen LogP contribution in [0.5, 0.6) is 0 Å². The molecule has 0 atom stereocenters. The van der Waals surface area contributed by atoms with Gasteiger partial charge in [0.25, 0.3) is 0 Å². The second-order valence-electron chi connectivity index (χ2n) is 2.88. The summed E-state index contributed by atoms with van der Waals surface area (Å²) in [6, 6.07) is 0. The first kappa shape index (κ1) is 17.5. The Morgan fingerprint density at radius 3 is 1.13 bits per heavy atom. The van der Waals surface area contributed by atoms with Crippen molar-refractivity contribution in [2.45, 2.75) is 0 Å². The van der Waals surface area contributed by atoms with E-state index in [-0.39, 0.29) is 19.8 Å². The Balaban J connectivity index is 0. The Kier molecular flexibility index (Phi) is 12.5. The van der Waals surface area contributed by atoms with Crippen molar-refractivity contribution in [3.05, 3.63) is 0 Å². The smallest absolute Gasteiger partial charge is 0.395 e. The first-order valence-corrected chi connectivity index (χ1v) is 6.54. The Labute approximate surface area is 89.8 Å². The van der Waals surface area contributed by atoms with Gasteiger partial charge in [-0.2, -0.15) is 14.7 Å². The molecule has 0 aliphatic heterocycles. The molecule has 0 amide bonds. The highest BCUT2D eigenvalue weighted by Gasteiger charge is 2.17. The highest BCUT2D eigenvalue weighted by molar-refractivity contribution is 7.57. The third kappa shape index (κ3) is 24.9. The van der Waals surface area contributed by atoms with Gasteiger partial charge >= 0.3 is 7.94 Å². The number of aliphatic hydroxyl groups is 3. The van der Waals surface area contributed by atoms with Crippen molar-refractivity contribution in [1.82, 2.24) is 4.90 Å². The summed E-state index contributed by atoms with van der Waals surface area (Å²) < 4.78 is 0. The van der Waals surface area contributed by atoms with E-state index in [0.717, 1.165) is 6.66 Å². The van der Waals surface area contributed by atoms with Crippen molar-refractivity contribution in [1.29, 1.82) is 0 Å². The van der Waals surface area contributed by atoms with E-state index >= 15 is 0 Å². The molecule has 94 valence electrons. The lowest BCUT2D eigenvalue weighted by atomic mass is 10.4. The van der Waals surface area contributed by atoms with Gasteiger partial charge in [-0.3, -0.25) is 4.90 Å². The van der Waals surface area contributed by atoms with Gasteiger partial charge in [0.05, 0.1) is 19.8 Å². The first-order valence-electron chi connectivity index (χ1n) is 4.44. The maximum absolute atomic E-state index is 8.48. The molecule has 0 unspecified atom stereocenters. The molecule has 0 aliphatic carbocycles. The Bertz CT molecular complexity index is 111. The molecule has 0 fully saturated rings. The zero-order chi connectivity index (χ0) is 12.3. The van der Waals surface area contributed by atoms with E-state index in [4.69, 9.17) is 30.0 Å². The topological polar surface area (TPSA) is 125 Å². The first-order chi connectivity index (χ1) is 6.85. The number of nitrogens with zero attached hydrogens (tertiary/aromatic N) is 1. The highest BCUT2D eigenvalue weighted by atomic mass is 31.2. The minimum atomic E-state index is -3.39. The van der Waals surface area contributed by atoms with Gasteiger partial charge in [-0.15, -0.1) is 0 Å². The molecule has 0 spiro atoms. The summed E-state index contributed by atoms with van der Waals surface area (Å²) in [7, 11) is -3.39. The van der Waals surface area contributed by atoms with Crippen molar-refractivity contribution in [3.63, 3.8) is 0 Å². The number of aliphatic hydroxyl groups excluding tert-OH is 3. The van der Waals surface area contributed by atoms with Crippen molar-refractivity contribution < 1.29 is 30.0 Å². The van der Waals surface area contributed by atoms with Crippen molar-refractivity contribution >= 4 is 7.94 Å². The summed E-state index contributed by atoms with van der Waals surface area (Å²) in [5.41, 5.74) is 0. The third-order valence-corrected chi connectivity index (χ3v) is 1.25. The van der Waals surface area contributed by atoms with E-state index in [9.17, 15) is 0 Å². The lowest BCUT2D eigenvalue weighted by Crippen LogP contribution is -2.32. The van der Waals surface area contributed by atoms with Crippen molar-refractivity contribution in [3.8, 4) is 0 Å². The molecule has 0 saturated heterocycles. The fraction of sp³-hybridized carbons (Fsp3) is 1.00. The lowest BCUT2D eigenvalue weighted by Gasteiger charge is -2.17. The zero-order valence-corrected chi connectivity index (χ0v) is 9.71. The van der Waals surface area contributed by atoms with Gasteiger partial charge in [-0.25, -0.2) is 0 Å². The van der Waals surface area contributed by atoms with E-state index in [0.29, 0.717) is 19.6 Å². The minimum absolute atomic E-state index is 0.0694. The number of rotatable bonds is 6. The maximum atomic E-state index is 8.48. The summed E-state index contributed by atoms with van der Waals surface area (Å²) in [4.78, 5) is 25.0. The molecule has 0 heterocycles. The predicted octanol–water partition coefficient (Wildman–Crippen LogP) is -2.38. The van der Waals surface area contributed by atoms with Crippen LogP contribution in [-0.2, 0) is 0 Å². The average molecular weight is 246 g/mol. The molecule has 8 heteroatoms. The molecule has 0 radical (unpaired) electrons. The monoisotopic (exact) mass is 246 g/mol. The van der Waals surface area contributed by atoms with Gasteiger partial charge in [0.1, 0.15) is 6.66 Å². The van der Waals surface area contributed by atoms with Gasteiger partial charge in [0, 0.05) is 19.6 Å². The average Bonchev–Trinajstić information content (AvgIpc) is 2.02. The van der Waals surface area contributed by atoms with Gasteiger partial charge < -0.3 is 15.3 Å². The number of hydrogen-bond acceptors (Lipinski definition) is 7. The van der Waals surface area contributed by atoms with Crippen LogP contribution in [0.3, 0.4) is 0 Å². The summed E-state index contributed by atoms with van der Waals surface area (Å²) in [6.45, 7) is 2.72. The molecule has 0 aromatic carbocycles. The normalized spacial score (nSPS) is 11.2. The Hall–Kier alpha value is 0.150. The SMILES string of the molecule is C[P+](O)(O)O.OCCN(CCO)CCO. The largest absolute Gasteiger partial charge is 0.400 e. The quantitative estimate of drug-likeness (QED) is 0.289. The van der Waals surface area contributed by atoms with E-state index in [2.05, 4.69) is 0 Å². The second kappa shape index (κ2) is 10.7. The molecule has 0 aromatic rings. The van der Waals surface area contributed by atoms with Crippen molar-refractivity contribution in [2.24, 2.45) is 0 Å². The molecule has 0 saturated carbocycles. The maximum Gasteiger partial charge on any atom is 0.400 e. The predicted molar refractivity (Wildman–Crippen MR) is 57.2 cm³/mol. The molecule has 6 N–H and O–H groups in total. The van der Waals surface area contributed by atoms with E-state index in [1.54, 1.807) is 4.90 Å². The molecular weight excluding hydrogens is 225 g/mol. The summed E-state index contributed by atoms with van der Waals surface area (Å²) >= 11 is 0. The van der Waals surface area contributed by atoms with Crippen LogP contribution < -0.4 is 0 Å². The van der Waals surface area contributed by atoms with E-state index < -0.39 is 7.94 Å². The van der Waals surface area contributed by atoms with E-state index in [1.807, 2.05) is 0 Å². The van der Waals surface area contributed by atoms with Gasteiger partial charge in [0.2, 0.25) is 0 Å². The highest BCUT2D eigenvalue weighted by Crippen LogP contribution is 2.38. The van der Waals surface area contributed by atoms with Crippen LogP contribution in [-0.4, -0.2) is 81.0 Å². The molecule has 0 aliphatic rings. The molecule has 0 rings (SSSR count). The summed E-state index contributed by atoms with van der Waals surface area (Å²) in [5.74, 6) is 0. The van der Waals surface area contributed by atoms with Crippen LogP contribution in [0.15, 0.2) is 0 Å². The van der Waals surface area contributed by atoms with Gasteiger partial charge in [0.15, 0.2) is 0 Å². The molecular formula is C7H21NO6P+. The fourth-order valence-electron chi connectivity index (χ4n) is 0.760. The lowest BCUT2D eigenvalue weighted by molar-refractivity contribution is 0.136. The van der Waals surface area contributed by atoms with Crippen LogP contribution in [0.25, 0.3) is 0 Å². The Morgan fingerprint density at radius 1 is 0.800 bits per heavy atom. The van der Waals surface area contributed by atoms with Crippen LogP contribution in [0.4, 0.5) is 0 Å². The molecule has 15 heavy (non-hydrogen) atoms. The minimum Gasteiger partial charge on any atom is -0.395 e. The zero-order valence-electron chi connectivity index (χ0n) is 8.82. The third-order valence-electron chi connectivity index (χ3n) is 1.25. The van der Waals surface area contributed by atoms with Crippen molar-refractivity contribution in [2.75, 3.05) is 46.1 Å². The molecule has 0 bridgehead atoms. The van der Waals surface area contributed by atoms with Crippen LogP contribution >= 0.6 is 7.94 Å². The standard InChI is InChI=1S/C6H15NO3.CH6O3P/c8-4-1-7(2-5-9)3-6-10;1-5(2,3)4/h8-10H,1-6H2;2-4H,1H3/q;+1. The van der Waals surface area contributed by atoms with Crippen LogP contribution in [0, 0.1) is 0 Å². The fourth-order valence-corrected chi connectivity index (χ4v) is 0.760. The van der Waals surface area contributed by atoms with E-state index in [1.165, 1.54) is 0 Å². The molecule has 0 aromatic heterocycles. The van der Waals surface area contributed by atoms with Gasteiger partial charge in [-0.05, 0) is 0 Å². The second-order valence-corrected chi connectivity index (χ2v) is 4.62.